The first-order valence-corrected chi connectivity index (χ1v) is 13.8. The van der Waals surface area contributed by atoms with Crippen molar-refractivity contribution in [1.29, 1.82) is 5.26 Å². The van der Waals surface area contributed by atoms with Gasteiger partial charge < -0.3 is 4.90 Å². The summed E-state index contributed by atoms with van der Waals surface area (Å²) in [5, 5.41) is 10.0. The molecule has 2 heterocycles. The van der Waals surface area contributed by atoms with E-state index in [0.29, 0.717) is 13.0 Å². The molecule has 0 saturated carbocycles. The van der Waals surface area contributed by atoms with E-state index in [1.807, 2.05) is 60.7 Å². The van der Waals surface area contributed by atoms with Gasteiger partial charge >= 0.3 is 0 Å². The van der Waals surface area contributed by atoms with Gasteiger partial charge in [0, 0.05) is 5.56 Å². The van der Waals surface area contributed by atoms with Gasteiger partial charge in [-0.2, -0.15) is 9.57 Å². The second kappa shape index (κ2) is 9.98. The van der Waals surface area contributed by atoms with E-state index in [1.54, 1.807) is 18.2 Å². The molecule has 5 rings (SSSR count). The van der Waals surface area contributed by atoms with Gasteiger partial charge in [-0.3, -0.25) is 4.79 Å². The number of benzene rings is 3. The van der Waals surface area contributed by atoms with Crippen LogP contribution in [0.5, 0.6) is 0 Å². The van der Waals surface area contributed by atoms with Gasteiger partial charge in [-0.1, -0.05) is 72.8 Å². The van der Waals surface area contributed by atoms with Gasteiger partial charge in [0.1, 0.15) is 0 Å². The van der Waals surface area contributed by atoms with Crippen LogP contribution >= 0.6 is 0 Å². The number of hydrogen-bond donors (Lipinski definition) is 0. The monoisotopic (exact) mass is 499 g/mol. The zero-order valence-corrected chi connectivity index (χ0v) is 20.9. The first-order chi connectivity index (χ1) is 17.4. The van der Waals surface area contributed by atoms with Gasteiger partial charge in [0.25, 0.3) is 0 Å². The third-order valence-corrected chi connectivity index (χ3v) is 9.49. The molecule has 184 valence electrons. The quantitative estimate of drug-likeness (QED) is 0.497. The van der Waals surface area contributed by atoms with Crippen LogP contribution in [0.2, 0.25) is 0 Å². The van der Waals surface area contributed by atoms with Crippen molar-refractivity contribution < 1.29 is 13.2 Å². The zero-order valence-electron chi connectivity index (χ0n) is 20.1. The molecular formula is C29H29N3O3S. The summed E-state index contributed by atoms with van der Waals surface area (Å²) < 4.78 is 28.6. The highest BCUT2D eigenvalue weighted by molar-refractivity contribution is 7.89. The smallest absolute Gasteiger partial charge is 0.244 e. The van der Waals surface area contributed by atoms with Crippen LogP contribution < -0.4 is 0 Å². The molecule has 2 aliphatic rings. The van der Waals surface area contributed by atoms with E-state index in [0.717, 1.165) is 37.1 Å². The lowest BCUT2D eigenvalue weighted by Crippen LogP contribution is -2.45. The van der Waals surface area contributed by atoms with Crippen LogP contribution in [-0.4, -0.2) is 49.6 Å². The molecule has 7 heteroatoms. The second-order valence-corrected chi connectivity index (χ2v) is 11.4. The first kappa shape index (κ1) is 24.4. The number of Topliss-reactive ketones (excluding diaryl/α,β-unsaturated/α-hetero) is 1. The average molecular weight is 500 g/mol. The molecule has 36 heavy (non-hydrogen) atoms. The molecule has 0 amide bonds. The van der Waals surface area contributed by atoms with E-state index in [2.05, 4.69) is 11.0 Å². The summed E-state index contributed by atoms with van der Waals surface area (Å²) in [5.74, 6) is -0.180. The number of hydrogen-bond acceptors (Lipinski definition) is 5. The van der Waals surface area contributed by atoms with E-state index in [-0.39, 0.29) is 22.8 Å². The van der Waals surface area contributed by atoms with Gasteiger partial charge in [-0.25, -0.2) is 8.42 Å². The summed E-state index contributed by atoms with van der Waals surface area (Å²) in [6.45, 7) is 2.04. The molecule has 3 aromatic carbocycles. The summed E-state index contributed by atoms with van der Waals surface area (Å²) in [5.41, 5.74) is 1.72. The average Bonchev–Trinajstić information content (AvgIpc) is 2.93. The van der Waals surface area contributed by atoms with Crippen molar-refractivity contribution in [2.45, 2.75) is 35.6 Å². The summed E-state index contributed by atoms with van der Waals surface area (Å²) in [6.07, 6.45) is 2.03. The Morgan fingerprint density at radius 2 is 1.50 bits per heavy atom. The Bertz CT molecular complexity index is 1380. The Morgan fingerprint density at radius 1 is 0.889 bits per heavy atom. The van der Waals surface area contributed by atoms with E-state index in [1.165, 1.54) is 10.4 Å². The fourth-order valence-corrected chi connectivity index (χ4v) is 7.29. The molecule has 0 spiro atoms. The highest BCUT2D eigenvalue weighted by Crippen LogP contribution is 2.37. The van der Waals surface area contributed by atoms with E-state index in [4.69, 9.17) is 0 Å². The van der Waals surface area contributed by atoms with Crippen LogP contribution in [0.4, 0.5) is 0 Å². The maximum absolute atomic E-state index is 13.6. The van der Waals surface area contributed by atoms with Crippen molar-refractivity contribution in [3.05, 3.63) is 102 Å². The van der Waals surface area contributed by atoms with Gasteiger partial charge in [-0.15, -0.1) is 0 Å². The van der Waals surface area contributed by atoms with Crippen LogP contribution in [0.25, 0.3) is 0 Å². The predicted molar refractivity (Wildman–Crippen MR) is 138 cm³/mol. The summed E-state index contributed by atoms with van der Waals surface area (Å²) in [7, 11) is -3.82. The van der Waals surface area contributed by atoms with Crippen LogP contribution in [0.15, 0.2) is 89.8 Å². The number of nitrogens with zero attached hydrogens (tertiary/aromatic N) is 3. The summed E-state index contributed by atoms with van der Waals surface area (Å²) in [4.78, 5) is 15.3. The van der Waals surface area contributed by atoms with Gasteiger partial charge in [0.15, 0.2) is 5.78 Å². The van der Waals surface area contributed by atoms with E-state index >= 15 is 0 Å². The number of carbonyl (C=O) groups excluding carboxylic acids is 1. The normalized spacial score (nSPS) is 20.2. The van der Waals surface area contributed by atoms with Crippen LogP contribution in [0.1, 0.15) is 46.8 Å². The Morgan fingerprint density at radius 3 is 2.17 bits per heavy atom. The largest absolute Gasteiger partial charge is 0.303 e. The molecule has 0 bridgehead atoms. The fraction of sp³-hybridized carbons (Fsp3) is 0.310. The van der Waals surface area contributed by atoms with Crippen molar-refractivity contribution in [2.75, 3.05) is 26.2 Å². The summed E-state index contributed by atoms with van der Waals surface area (Å²) in [6, 6.07) is 28.1. The van der Waals surface area contributed by atoms with Crippen molar-refractivity contribution in [3.8, 4) is 6.07 Å². The van der Waals surface area contributed by atoms with Crippen molar-refractivity contribution in [1.82, 2.24) is 9.21 Å². The number of sulfonamides is 1. The maximum Gasteiger partial charge on any atom is 0.244 e. The lowest BCUT2D eigenvalue weighted by Gasteiger charge is -2.39. The van der Waals surface area contributed by atoms with Crippen molar-refractivity contribution in [2.24, 2.45) is 0 Å². The second-order valence-electron chi connectivity index (χ2n) is 9.59. The number of rotatable bonds is 6. The third-order valence-electron chi connectivity index (χ3n) is 7.57. The van der Waals surface area contributed by atoms with Gasteiger partial charge in [0.05, 0.1) is 29.0 Å². The zero-order chi connectivity index (χ0) is 25.2. The Kier molecular flexibility index (Phi) is 6.76. The number of ketones is 1. The van der Waals surface area contributed by atoms with Crippen molar-refractivity contribution in [3.63, 3.8) is 0 Å². The fourth-order valence-electron chi connectivity index (χ4n) is 5.48. The molecule has 6 nitrogen and oxygen atoms in total. The number of likely N-dealkylation sites (tertiary alicyclic amines) is 1. The van der Waals surface area contributed by atoms with Crippen molar-refractivity contribution >= 4 is 15.8 Å². The Hall–Kier alpha value is -3.31. The summed E-state index contributed by atoms with van der Waals surface area (Å²) >= 11 is 0. The number of fused-ring (bicyclic) bond motifs is 1. The Labute approximate surface area is 212 Å². The first-order valence-electron chi connectivity index (χ1n) is 12.3. The molecule has 1 atom stereocenters. The van der Waals surface area contributed by atoms with Gasteiger partial charge in [-0.05, 0) is 62.2 Å². The standard InChI is InChI=1S/C29H29N3O3S/c30-22-29(24-11-5-2-6-12-24)16-19-31(20-17-29)18-15-26(23-9-3-1-4-10-23)32-21-27(33)25-13-7-8-14-28(25)36(32,34)35/h1-14,26H,15-21H2. The predicted octanol–water partition coefficient (Wildman–Crippen LogP) is 4.56. The molecule has 0 aliphatic carbocycles. The third kappa shape index (κ3) is 4.48. The minimum Gasteiger partial charge on any atom is -0.303 e. The van der Waals surface area contributed by atoms with Gasteiger partial charge in [0.2, 0.25) is 10.0 Å². The molecule has 3 aromatic rings. The lowest BCUT2D eigenvalue weighted by molar-refractivity contribution is 0.0931. The molecule has 0 N–H and O–H groups in total. The van der Waals surface area contributed by atoms with Crippen LogP contribution in [0, 0.1) is 11.3 Å². The molecule has 0 aromatic heterocycles. The van der Waals surface area contributed by atoms with E-state index in [9.17, 15) is 18.5 Å². The van der Waals surface area contributed by atoms with Crippen LogP contribution in [0.3, 0.4) is 0 Å². The minimum atomic E-state index is -3.82. The number of carbonyl (C=O) groups is 1. The number of nitriles is 1. The lowest BCUT2D eigenvalue weighted by atomic mass is 9.74. The maximum atomic E-state index is 13.6. The van der Waals surface area contributed by atoms with E-state index < -0.39 is 21.5 Å². The topological polar surface area (TPSA) is 81.5 Å². The highest BCUT2D eigenvalue weighted by atomic mass is 32.2. The number of piperidine rings is 1. The molecular weight excluding hydrogens is 470 g/mol. The van der Waals surface area contributed by atoms with Crippen LogP contribution in [-0.2, 0) is 15.4 Å². The molecule has 2 aliphatic heterocycles. The highest BCUT2D eigenvalue weighted by Gasteiger charge is 2.41. The molecule has 1 saturated heterocycles. The minimum absolute atomic E-state index is 0.0850. The molecule has 0 radical (unpaired) electrons. The molecule has 1 fully saturated rings. The SMILES string of the molecule is N#CC1(c2ccccc2)CCN(CCC(c2ccccc2)N2CC(=O)c3ccccc3S2(=O)=O)CC1. The molecule has 1 unspecified atom stereocenters. The Balaban J connectivity index is 1.36.